The Morgan fingerprint density at radius 1 is 0.683 bits per heavy atom. The van der Waals surface area contributed by atoms with Crippen molar-refractivity contribution >= 4 is 0 Å². The molecule has 3 aromatic carbocycles. The number of unbranched alkanes of at least 4 members (excludes halogenated alkanes) is 7. The molecule has 1 fully saturated rings. The van der Waals surface area contributed by atoms with E-state index in [0.29, 0.717) is 36.5 Å². The summed E-state index contributed by atoms with van der Waals surface area (Å²) in [5, 5.41) is 0. The lowest BCUT2D eigenvalue weighted by molar-refractivity contribution is -0.190. The minimum Gasteiger partial charge on any atom is -0.490 e. The van der Waals surface area contributed by atoms with Crippen molar-refractivity contribution in [3.05, 3.63) is 77.6 Å². The molecule has 0 radical (unpaired) electrons. The molecule has 0 saturated carbocycles. The Hall–Kier alpha value is -2.83. The Morgan fingerprint density at radius 3 is 1.98 bits per heavy atom. The highest BCUT2D eigenvalue weighted by molar-refractivity contribution is 5.71. The summed E-state index contributed by atoms with van der Waals surface area (Å²) < 4.78 is 62.1. The van der Waals surface area contributed by atoms with E-state index in [1.807, 2.05) is 6.07 Å². The van der Waals surface area contributed by atoms with Crippen molar-refractivity contribution in [3.8, 4) is 28.0 Å². The predicted molar refractivity (Wildman–Crippen MR) is 159 cm³/mol. The summed E-state index contributed by atoms with van der Waals surface area (Å²) in [4.78, 5) is 0. The van der Waals surface area contributed by atoms with Crippen molar-refractivity contribution in [3.63, 3.8) is 0 Å². The van der Waals surface area contributed by atoms with Gasteiger partial charge in [-0.1, -0.05) is 95.2 Å². The summed E-state index contributed by atoms with van der Waals surface area (Å²) in [5.74, 6) is -2.36. The van der Waals surface area contributed by atoms with Crippen LogP contribution in [0.2, 0.25) is 0 Å². The summed E-state index contributed by atoms with van der Waals surface area (Å²) in [6, 6.07) is 15.0. The molecule has 0 atom stereocenters. The van der Waals surface area contributed by atoms with Gasteiger partial charge in [-0.2, -0.15) is 4.39 Å². The molecule has 0 N–H and O–H groups in total. The molecule has 0 aliphatic carbocycles. The van der Waals surface area contributed by atoms with Gasteiger partial charge in [-0.05, 0) is 54.2 Å². The van der Waals surface area contributed by atoms with Gasteiger partial charge in [0, 0.05) is 17.0 Å². The third kappa shape index (κ3) is 8.59. The van der Waals surface area contributed by atoms with E-state index in [4.69, 9.17) is 14.2 Å². The summed E-state index contributed by atoms with van der Waals surface area (Å²) in [5.41, 5.74) is 2.59. The van der Waals surface area contributed by atoms with E-state index in [1.54, 1.807) is 30.3 Å². The molecule has 41 heavy (non-hydrogen) atoms. The van der Waals surface area contributed by atoms with Crippen LogP contribution < -0.4 is 4.74 Å². The smallest absolute Gasteiger partial charge is 0.201 e. The molecule has 1 aliphatic rings. The Kier molecular flexibility index (Phi) is 12.1. The van der Waals surface area contributed by atoms with Crippen LogP contribution in [0.5, 0.6) is 5.75 Å². The Balaban J connectivity index is 1.35. The molecule has 0 spiro atoms. The van der Waals surface area contributed by atoms with Crippen molar-refractivity contribution in [2.75, 3.05) is 19.8 Å². The van der Waals surface area contributed by atoms with E-state index in [9.17, 15) is 8.78 Å². The molecule has 0 unspecified atom stereocenters. The molecular weight excluding hydrogens is 525 g/mol. The molecule has 6 heteroatoms. The van der Waals surface area contributed by atoms with Gasteiger partial charge in [0.15, 0.2) is 17.9 Å². The van der Waals surface area contributed by atoms with E-state index >= 15 is 4.39 Å². The van der Waals surface area contributed by atoms with Crippen LogP contribution in [0.3, 0.4) is 0 Å². The van der Waals surface area contributed by atoms with Crippen molar-refractivity contribution in [2.45, 2.75) is 90.3 Å². The number of ether oxygens (including phenoxy) is 3. The van der Waals surface area contributed by atoms with E-state index in [2.05, 4.69) is 13.8 Å². The lowest BCUT2D eigenvalue weighted by atomic mass is 9.95. The first kappa shape index (κ1) is 31.1. The van der Waals surface area contributed by atoms with Gasteiger partial charge >= 0.3 is 0 Å². The fourth-order valence-corrected chi connectivity index (χ4v) is 5.24. The lowest BCUT2D eigenvalue weighted by Gasteiger charge is -2.30. The average molecular weight is 569 g/mol. The van der Waals surface area contributed by atoms with Crippen molar-refractivity contribution in [2.24, 2.45) is 0 Å². The summed E-state index contributed by atoms with van der Waals surface area (Å²) in [6.45, 7) is 5.72. The van der Waals surface area contributed by atoms with E-state index in [0.717, 1.165) is 50.5 Å². The van der Waals surface area contributed by atoms with Crippen LogP contribution in [0.4, 0.5) is 13.2 Å². The number of rotatable bonds is 15. The zero-order chi connectivity index (χ0) is 29.0. The van der Waals surface area contributed by atoms with Crippen LogP contribution in [0.1, 0.15) is 89.5 Å². The Labute approximate surface area is 243 Å². The van der Waals surface area contributed by atoms with Gasteiger partial charge in [0.25, 0.3) is 0 Å². The quantitative estimate of drug-likeness (QED) is 0.171. The molecule has 1 heterocycles. The topological polar surface area (TPSA) is 27.7 Å². The van der Waals surface area contributed by atoms with Crippen molar-refractivity contribution in [1.29, 1.82) is 0 Å². The number of hydrogen-bond donors (Lipinski definition) is 0. The van der Waals surface area contributed by atoms with Gasteiger partial charge in [-0.25, -0.2) is 8.78 Å². The van der Waals surface area contributed by atoms with E-state index < -0.39 is 11.6 Å². The fourth-order valence-electron chi connectivity index (χ4n) is 5.24. The first-order valence-electron chi connectivity index (χ1n) is 15.3. The third-order valence-electron chi connectivity index (χ3n) is 7.78. The highest BCUT2D eigenvalue weighted by Gasteiger charge is 2.24. The monoisotopic (exact) mass is 568 g/mol. The van der Waals surface area contributed by atoms with E-state index in [-0.39, 0.29) is 29.3 Å². The normalized spacial score (nSPS) is 17.1. The maximum absolute atomic E-state index is 15.2. The zero-order valence-corrected chi connectivity index (χ0v) is 24.4. The summed E-state index contributed by atoms with van der Waals surface area (Å²) >= 11 is 0. The van der Waals surface area contributed by atoms with Crippen LogP contribution in [0.15, 0.2) is 54.6 Å². The van der Waals surface area contributed by atoms with Crippen molar-refractivity contribution in [1.82, 2.24) is 0 Å². The highest BCUT2D eigenvalue weighted by Crippen LogP contribution is 2.33. The SMILES string of the molecule is CCCCCCCCOc1ccc(-c2ccc(-c3ccc(C4COC(CCCCC)OC4)cc3F)cc2)c(F)c1F. The van der Waals surface area contributed by atoms with Gasteiger partial charge in [0.2, 0.25) is 5.82 Å². The number of hydrogen-bond acceptors (Lipinski definition) is 3. The molecule has 222 valence electrons. The predicted octanol–water partition coefficient (Wildman–Crippen LogP) is 10.2. The second-order valence-corrected chi connectivity index (χ2v) is 11.0. The maximum Gasteiger partial charge on any atom is 0.201 e. The highest BCUT2D eigenvalue weighted by atomic mass is 19.2. The molecule has 1 saturated heterocycles. The van der Waals surface area contributed by atoms with E-state index in [1.165, 1.54) is 37.5 Å². The number of benzene rings is 3. The summed E-state index contributed by atoms with van der Waals surface area (Å²) in [6.07, 6.45) is 10.7. The minimum absolute atomic E-state index is 0.0148. The second kappa shape index (κ2) is 16.0. The lowest BCUT2D eigenvalue weighted by Crippen LogP contribution is -2.30. The minimum atomic E-state index is -0.984. The number of halogens is 3. The van der Waals surface area contributed by atoms with Crippen molar-refractivity contribution < 1.29 is 27.4 Å². The first-order valence-corrected chi connectivity index (χ1v) is 15.3. The first-order chi connectivity index (χ1) is 20.0. The molecule has 0 bridgehead atoms. The molecule has 0 amide bonds. The molecule has 3 aromatic rings. The van der Waals surface area contributed by atoms with Crippen LogP contribution in [-0.4, -0.2) is 26.1 Å². The fraction of sp³-hybridized carbons (Fsp3) is 0.486. The van der Waals surface area contributed by atoms with Gasteiger partial charge in [-0.15, -0.1) is 0 Å². The van der Waals surface area contributed by atoms with Gasteiger partial charge in [-0.3, -0.25) is 0 Å². The van der Waals surface area contributed by atoms with Gasteiger partial charge < -0.3 is 14.2 Å². The Morgan fingerprint density at radius 2 is 1.29 bits per heavy atom. The standard InChI is InChI=1S/C35H43F3O3/c1-3-5-7-8-9-11-21-39-32-20-19-30(34(37)35(32)38)26-15-13-25(14-16-26)29-18-17-27(22-31(29)36)28-23-40-33(41-24-28)12-10-6-4-2/h13-20,22,28,33H,3-12,21,23-24H2,1-2H3. The maximum atomic E-state index is 15.2. The molecule has 3 nitrogen and oxygen atoms in total. The molecule has 0 aromatic heterocycles. The van der Waals surface area contributed by atoms with Crippen LogP contribution in [0.25, 0.3) is 22.3 Å². The largest absolute Gasteiger partial charge is 0.490 e. The third-order valence-corrected chi connectivity index (χ3v) is 7.78. The molecular formula is C35H43F3O3. The zero-order valence-electron chi connectivity index (χ0n) is 24.4. The summed E-state index contributed by atoms with van der Waals surface area (Å²) in [7, 11) is 0. The van der Waals surface area contributed by atoms with Crippen LogP contribution in [0, 0.1) is 17.5 Å². The van der Waals surface area contributed by atoms with Crippen LogP contribution >= 0.6 is 0 Å². The van der Waals surface area contributed by atoms with Crippen LogP contribution in [-0.2, 0) is 9.47 Å². The van der Waals surface area contributed by atoms with Gasteiger partial charge in [0.1, 0.15) is 5.82 Å². The van der Waals surface area contributed by atoms with Gasteiger partial charge in [0.05, 0.1) is 19.8 Å². The average Bonchev–Trinajstić information content (AvgIpc) is 2.99. The second-order valence-electron chi connectivity index (χ2n) is 11.0. The molecule has 4 rings (SSSR count). The molecule has 1 aliphatic heterocycles. The Bertz CT molecular complexity index is 1220.